The Hall–Kier alpha value is -0.420. The van der Waals surface area contributed by atoms with Crippen LogP contribution >= 0.6 is 11.3 Å². The average Bonchev–Trinajstić information content (AvgIpc) is 2.94. The molecule has 0 N–H and O–H groups in total. The molecular weight excluding hydrogens is 222 g/mol. The van der Waals surface area contributed by atoms with Gasteiger partial charge in [0.1, 0.15) is 0 Å². The van der Waals surface area contributed by atoms with E-state index in [1.807, 2.05) is 0 Å². The fraction of sp³-hybridized carbons (Fsp3) is 0.667. The zero-order chi connectivity index (χ0) is 10.8. The van der Waals surface area contributed by atoms with Crippen LogP contribution in [0.15, 0.2) is 16.8 Å². The predicted molar refractivity (Wildman–Crippen MR) is 63.5 cm³/mol. The molecule has 1 spiro atoms. The van der Waals surface area contributed by atoms with E-state index in [-0.39, 0.29) is 5.79 Å². The van der Waals surface area contributed by atoms with Gasteiger partial charge in [-0.2, -0.15) is 11.3 Å². The Bertz CT molecular complexity index is 323. The van der Waals surface area contributed by atoms with Crippen molar-refractivity contribution in [3.05, 3.63) is 22.4 Å². The lowest BCUT2D eigenvalue weighted by Gasteiger charge is -2.37. The molecule has 0 aromatic carbocycles. The minimum absolute atomic E-state index is 0.231. The lowest BCUT2D eigenvalue weighted by Crippen LogP contribution is -2.44. The van der Waals surface area contributed by atoms with Crippen LogP contribution in [0.2, 0.25) is 0 Å². The molecule has 2 saturated heterocycles. The van der Waals surface area contributed by atoms with Gasteiger partial charge >= 0.3 is 0 Å². The first-order valence-corrected chi connectivity index (χ1v) is 6.82. The third kappa shape index (κ3) is 2.15. The van der Waals surface area contributed by atoms with Crippen LogP contribution in [0.25, 0.3) is 0 Å². The second-order valence-electron chi connectivity index (χ2n) is 4.52. The van der Waals surface area contributed by atoms with Crippen molar-refractivity contribution in [3.8, 4) is 0 Å². The summed E-state index contributed by atoms with van der Waals surface area (Å²) in [7, 11) is 0. The van der Waals surface area contributed by atoms with E-state index in [9.17, 15) is 0 Å². The third-order valence-corrected chi connectivity index (χ3v) is 4.15. The summed E-state index contributed by atoms with van der Waals surface area (Å²) in [6.45, 7) is 4.76. The van der Waals surface area contributed by atoms with Gasteiger partial charge in [0, 0.05) is 32.5 Å². The van der Waals surface area contributed by atoms with Gasteiger partial charge in [0.25, 0.3) is 0 Å². The van der Waals surface area contributed by atoms with Crippen LogP contribution in [0.3, 0.4) is 0 Å². The molecule has 2 aliphatic rings. The van der Waals surface area contributed by atoms with Gasteiger partial charge in [-0.15, -0.1) is 0 Å². The highest BCUT2D eigenvalue weighted by Crippen LogP contribution is 2.31. The molecule has 4 heteroatoms. The van der Waals surface area contributed by atoms with Crippen LogP contribution in [0, 0.1) is 0 Å². The lowest BCUT2D eigenvalue weighted by molar-refractivity contribution is -0.185. The monoisotopic (exact) mass is 239 g/mol. The number of hydrogen-bond donors (Lipinski definition) is 0. The number of ether oxygens (including phenoxy) is 2. The number of nitrogens with zero attached hydrogens (tertiary/aromatic N) is 1. The highest BCUT2D eigenvalue weighted by Gasteiger charge is 2.39. The van der Waals surface area contributed by atoms with Gasteiger partial charge in [0.2, 0.25) is 0 Å². The maximum atomic E-state index is 5.72. The Balaban J connectivity index is 1.54. The third-order valence-electron chi connectivity index (χ3n) is 3.42. The van der Waals surface area contributed by atoms with Gasteiger partial charge in [0.05, 0.1) is 13.2 Å². The molecule has 0 radical (unpaired) electrons. The second-order valence-corrected chi connectivity index (χ2v) is 5.30. The number of rotatable bonds is 2. The van der Waals surface area contributed by atoms with Gasteiger partial charge in [-0.25, -0.2) is 0 Å². The number of piperidine rings is 1. The Kier molecular flexibility index (Phi) is 2.98. The van der Waals surface area contributed by atoms with E-state index < -0.39 is 0 Å². The molecule has 0 amide bonds. The van der Waals surface area contributed by atoms with E-state index in [1.54, 1.807) is 11.3 Å². The summed E-state index contributed by atoms with van der Waals surface area (Å²) in [6, 6.07) is 2.21. The van der Waals surface area contributed by atoms with Crippen molar-refractivity contribution >= 4 is 11.3 Å². The highest BCUT2D eigenvalue weighted by molar-refractivity contribution is 7.07. The fourth-order valence-electron chi connectivity index (χ4n) is 2.48. The molecule has 1 aromatic rings. The number of likely N-dealkylation sites (tertiary alicyclic amines) is 1. The molecule has 3 rings (SSSR count). The molecule has 0 saturated carbocycles. The minimum Gasteiger partial charge on any atom is -0.347 e. The van der Waals surface area contributed by atoms with Crippen molar-refractivity contribution in [3.63, 3.8) is 0 Å². The Morgan fingerprint density at radius 3 is 2.62 bits per heavy atom. The molecule has 0 aliphatic carbocycles. The summed E-state index contributed by atoms with van der Waals surface area (Å²) < 4.78 is 11.4. The minimum atomic E-state index is -0.231. The van der Waals surface area contributed by atoms with Crippen LogP contribution in [0.1, 0.15) is 18.4 Å². The van der Waals surface area contributed by atoms with E-state index >= 15 is 0 Å². The van der Waals surface area contributed by atoms with Gasteiger partial charge in [0.15, 0.2) is 5.79 Å². The molecule has 3 heterocycles. The number of thiophene rings is 1. The molecule has 3 nitrogen and oxygen atoms in total. The maximum absolute atomic E-state index is 5.72. The molecule has 2 aliphatic heterocycles. The van der Waals surface area contributed by atoms with Crippen LogP contribution in [-0.2, 0) is 16.0 Å². The molecule has 88 valence electrons. The van der Waals surface area contributed by atoms with Crippen LogP contribution < -0.4 is 0 Å². The van der Waals surface area contributed by atoms with Crippen molar-refractivity contribution in [2.75, 3.05) is 26.3 Å². The summed E-state index contributed by atoms with van der Waals surface area (Å²) in [6.07, 6.45) is 2.02. The van der Waals surface area contributed by atoms with E-state index in [4.69, 9.17) is 9.47 Å². The maximum Gasteiger partial charge on any atom is 0.170 e. The quantitative estimate of drug-likeness (QED) is 0.789. The van der Waals surface area contributed by atoms with Crippen molar-refractivity contribution in [2.24, 2.45) is 0 Å². The molecule has 0 bridgehead atoms. The predicted octanol–water partition coefficient (Wildman–Crippen LogP) is 2.09. The molecule has 16 heavy (non-hydrogen) atoms. The fourth-order valence-corrected chi connectivity index (χ4v) is 3.14. The summed E-state index contributed by atoms with van der Waals surface area (Å²) in [4.78, 5) is 2.48. The van der Waals surface area contributed by atoms with Crippen LogP contribution in [0.4, 0.5) is 0 Å². The zero-order valence-electron chi connectivity index (χ0n) is 9.35. The summed E-state index contributed by atoms with van der Waals surface area (Å²) in [5.41, 5.74) is 1.43. The van der Waals surface area contributed by atoms with Crippen molar-refractivity contribution < 1.29 is 9.47 Å². The zero-order valence-corrected chi connectivity index (χ0v) is 10.2. The normalized spacial score (nSPS) is 25.2. The summed E-state index contributed by atoms with van der Waals surface area (Å²) >= 11 is 1.77. The SMILES string of the molecule is c1cc(CN2CCC3(CC2)OCCO3)cs1. The molecule has 0 atom stereocenters. The van der Waals surface area contributed by atoms with Crippen molar-refractivity contribution in [1.29, 1.82) is 0 Å². The summed E-state index contributed by atoms with van der Waals surface area (Å²) in [5, 5.41) is 4.37. The van der Waals surface area contributed by atoms with E-state index in [1.165, 1.54) is 5.56 Å². The van der Waals surface area contributed by atoms with Gasteiger partial charge in [-0.1, -0.05) is 0 Å². The summed E-state index contributed by atoms with van der Waals surface area (Å²) in [5.74, 6) is -0.231. The smallest absolute Gasteiger partial charge is 0.170 e. The highest BCUT2D eigenvalue weighted by atomic mass is 32.1. The first kappa shape index (κ1) is 10.7. The van der Waals surface area contributed by atoms with Crippen LogP contribution in [-0.4, -0.2) is 37.0 Å². The van der Waals surface area contributed by atoms with Gasteiger partial charge in [-0.3, -0.25) is 4.90 Å². The van der Waals surface area contributed by atoms with Crippen molar-refractivity contribution in [2.45, 2.75) is 25.2 Å². The Labute approximate surface area is 100.0 Å². The van der Waals surface area contributed by atoms with Crippen LogP contribution in [0.5, 0.6) is 0 Å². The average molecular weight is 239 g/mol. The topological polar surface area (TPSA) is 21.7 Å². The standard InChI is InChI=1S/C12H17NO2S/c1-8-16-10-11(1)9-13-4-2-12(3-5-13)14-6-7-15-12/h1,8,10H,2-7,9H2. The Morgan fingerprint density at radius 2 is 2.00 bits per heavy atom. The largest absolute Gasteiger partial charge is 0.347 e. The molecule has 0 unspecified atom stereocenters. The molecule has 2 fully saturated rings. The van der Waals surface area contributed by atoms with E-state index in [2.05, 4.69) is 21.7 Å². The first-order chi connectivity index (χ1) is 7.86. The van der Waals surface area contributed by atoms with E-state index in [0.717, 1.165) is 45.7 Å². The molecular formula is C12H17NO2S. The molecule has 1 aromatic heterocycles. The first-order valence-electron chi connectivity index (χ1n) is 5.88. The Morgan fingerprint density at radius 1 is 1.25 bits per heavy atom. The van der Waals surface area contributed by atoms with Crippen molar-refractivity contribution in [1.82, 2.24) is 4.90 Å². The second kappa shape index (κ2) is 4.45. The van der Waals surface area contributed by atoms with E-state index in [0.29, 0.717) is 0 Å². The lowest BCUT2D eigenvalue weighted by atomic mass is 10.0. The van der Waals surface area contributed by atoms with Gasteiger partial charge < -0.3 is 9.47 Å². The van der Waals surface area contributed by atoms with Gasteiger partial charge in [-0.05, 0) is 22.4 Å². The number of hydrogen-bond acceptors (Lipinski definition) is 4.